The van der Waals surface area contributed by atoms with Crippen LogP contribution in [0.25, 0.3) is 0 Å². The summed E-state index contributed by atoms with van der Waals surface area (Å²) < 4.78 is 0. The summed E-state index contributed by atoms with van der Waals surface area (Å²) in [7, 11) is 0. The third-order valence-electron chi connectivity index (χ3n) is 3.14. The van der Waals surface area contributed by atoms with Gasteiger partial charge >= 0.3 is 0 Å². The summed E-state index contributed by atoms with van der Waals surface area (Å²) in [6.45, 7) is 7.93. The predicted octanol–water partition coefficient (Wildman–Crippen LogP) is 2.19. The average molecular weight is 267 g/mol. The summed E-state index contributed by atoms with van der Waals surface area (Å²) in [6, 6.07) is 0. The minimum Gasteiger partial charge on any atom is -0.351 e. The molecule has 0 atom stereocenters. The molecule has 18 heavy (non-hydrogen) atoms. The highest BCUT2D eigenvalue weighted by molar-refractivity contribution is 7.13. The molecule has 0 saturated carbocycles. The number of hydrogen-bond donors (Lipinski definition) is 1. The van der Waals surface area contributed by atoms with Crippen LogP contribution in [0.15, 0.2) is 0 Å². The molecule has 2 heterocycles. The van der Waals surface area contributed by atoms with Crippen LogP contribution in [0.5, 0.6) is 0 Å². The van der Waals surface area contributed by atoms with Gasteiger partial charge in [-0.05, 0) is 39.3 Å². The van der Waals surface area contributed by atoms with Gasteiger partial charge in [0, 0.05) is 6.54 Å². The van der Waals surface area contributed by atoms with E-state index in [1.807, 2.05) is 6.92 Å². The number of hydrogen-bond acceptors (Lipinski definition) is 4. The molecule has 0 unspecified atom stereocenters. The smallest absolute Gasteiger partial charge is 0.263 e. The van der Waals surface area contributed by atoms with Gasteiger partial charge in [0.05, 0.1) is 12.2 Å². The molecule has 1 aromatic heterocycles. The zero-order chi connectivity index (χ0) is 13.0. The Kier molecular flexibility index (Phi) is 4.72. The Morgan fingerprint density at radius 1 is 1.44 bits per heavy atom. The van der Waals surface area contributed by atoms with Crippen molar-refractivity contribution in [2.24, 2.45) is 0 Å². The molecule has 5 heteroatoms. The summed E-state index contributed by atoms with van der Waals surface area (Å²) in [5, 5.41) is 3.98. The first-order chi connectivity index (χ1) is 8.70. The Bertz CT molecular complexity index is 410. The number of thiazole rings is 1. The molecule has 0 aliphatic carbocycles. The monoisotopic (exact) mass is 267 g/mol. The van der Waals surface area contributed by atoms with Gasteiger partial charge in [0.15, 0.2) is 0 Å². The number of aromatic nitrogens is 1. The van der Waals surface area contributed by atoms with Crippen molar-refractivity contribution in [1.29, 1.82) is 0 Å². The topological polar surface area (TPSA) is 45.2 Å². The lowest BCUT2D eigenvalue weighted by atomic mass is 10.3. The molecular formula is C13H21N3OS. The number of nitrogens with zero attached hydrogens (tertiary/aromatic N) is 2. The Balaban J connectivity index is 1.99. The summed E-state index contributed by atoms with van der Waals surface area (Å²) >= 11 is 1.54. The van der Waals surface area contributed by atoms with Gasteiger partial charge in [0.25, 0.3) is 5.91 Å². The average Bonchev–Trinajstić information content (AvgIpc) is 2.96. The van der Waals surface area contributed by atoms with E-state index in [0.29, 0.717) is 0 Å². The number of rotatable bonds is 5. The van der Waals surface area contributed by atoms with E-state index in [1.165, 1.54) is 12.8 Å². The van der Waals surface area contributed by atoms with Crippen LogP contribution in [0.3, 0.4) is 0 Å². The maximum atomic E-state index is 11.9. The van der Waals surface area contributed by atoms with Crippen LogP contribution in [-0.4, -0.2) is 35.4 Å². The highest BCUT2D eigenvalue weighted by Crippen LogP contribution is 2.21. The van der Waals surface area contributed by atoms with Gasteiger partial charge in [-0.15, -0.1) is 11.3 Å². The Hall–Kier alpha value is -0.940. The zero-order valence-corrected chi connectivity index (χ0v) is 12.0. The van der Waals surface area contributed by atoms with Crippen molar-refractivity contribution in [3.8, 4) is 0 Å². The first kappa shape index (κ1) is 13.5. The molecule has 100 valence electrons. The lowest BCUT2D eigenvalue weighted by Crippen LogP contribution is -2.23. The van der Waals surface area contributed by atoms with Crippen molar-refractivity contribution in [3.63, 3.8) is 0 Å². The van der Waals surface area contributed by atoms with E-state index in [0.717, 1.165) is 48.2 Å². The van der Waals surface area contributed by atoms with Crippen LogP contribution in [-0.2, 0) is 6.54 Å². The zero-order valence-electron chi connectivity index (χ0n) is 11.2. The third-order valence-corrected chi connectivity index (χ3v) is 4.28. The standard InChI is InChI=1S/C13H21N3OS/c1-3-6-14-13(17)12-10(2)15-11(18-12)9-16-7-4-5-8-16/h3-9H2,1-2H3,(H,14,17). The molecule has 1 N–H and O–H groups in total. The van der Waals surface area contributed by atoms with E-state index in [4.69, 9.17) is 0 Å². The first-order valence-electron chi connectivity index (χ1n) is 6.67. The largest absolute Gasteiger partial charge is 0.351 e. The highest BCUT2D eigenvalue weighted by Gasteiger charge is 2.18. The quantitative estimate of drug-likeness (QED) is 0.889. The van der Waals surface area contributed by atoms with Gasteiger partial charge in [-0.25, -0.2) is 4.98 Å². The molecule has 0 radical (unpaired) electrons. The van der Waals surface area contributed by atoms with Crippen molar-refractivity contribution >= 4 is 17.2 Å². The van der Waals surface area contributed by atoms with E-state index in [2.05, 4.69) is 22.1 Å². The summed E-state index contributed by atoms with van der Waals surface area (Å²) in [4.78, 5) is 19.6. The second-order valence-electron chi connectivity index (χ2n) is 4.76. The summed E-state index contributed by atoms with van der Waals surface area (Å²) in [5.74, 6) is 0.0273. The van der Waals surface area contributed by atoms with Crippen LogP contribution in [0.1, 0.15) is 46.6 Å². The van der Waals surface area contributed by atoms with Crippen LogP contribution in [0.4, 0.5) is 0 Å². The number of nitrogens with one attached hydrogen (secondary N) is 1. The maximum absolute atomic E-state index is 11.9. The number of carbonyl (C=O) groups is 1. The second kappa shape index (κ2) is 6.29. The van der Waals surface area contributed by atoms with E-state index in [1.54, 1.807) is 11.3 Å². The van der Waals surface area contributed by atoms with E-state index >= 15 is 0 Å². The first-order valence-corrected chi connectivity index (χ1v) is 7.49. The van der Waals surface area contributed by atoms with E-state index in [9.17, 15) is 4.79 Å². The molecule has 4 nitrogen and oxygen atoms in total. The second-order valence-corrected chi connectivity index (χ2v) is 5.84. The van der Waals surface area contributed by atoms with E-state index in [-0.39, 0.29) is 5.91 Å². The number of carbonyl (C=O) groups excluding carboxylic acids is 1. The molecule has 0 bridgehead atoms. The number of aryl methyl sites for hydroxylation is 1. The van der Waals surface area contributed by atoms with Crippen LogP contribution in [0, 0.1) is 6.92 Å². The lowest BCUT2D eigenvalue weighted by Gasteiger charge is -2.11. The van der Waals surface area contributed by atoms with Gasteiger partial charge in [0.1, 0.15) is 9.88 Å². The lowest BCUT2D eigenvalue weighted by molar-refractivity contribution is 0.0957. The molecule has 0 spiro atoms. The number of likely N-dealkylation sites (tertiary alicyclic amines) is 1. The molecule has 1 fully saturated rings. The fourth-order valence-corrected chi connectivity index (χ4v) is 3.20. The van der Waals surface area contributed by atoms with Crippen molar-refractivity contribution < 1.29 is 4.79 Å². The van der Waals surface area contributed by atoms with Crippen LogP contribution in [0.2, 0.25) is 0 Å². The Morgan fingerprint density at radius 3 is 2.83 bits per heavy atom. The third kappa shape index (κ3) is 3.29. The Labute approximate surface area is 112 Å². The SMILES string of the molecule is CCCNC(=O)c1sc(CN2CCCC2)nc1C. The molecule has 1 aliphatic rings. The van der Waals surface area contributed by atoms with Crippen molar-refractivity contribution in [1.82, 2.24) is 15.2 Å². The molecule has 1 aromatic rings. The minimum absolute atomic E-state index is 0.0273. The van der Waals surface area contributed by atoms with Crippen molar-refractivity contribution in [2.45, 2.75) is 39.7 Å². The normalized spacial score (nSPS) is 16.1. The van der Waals surface area contributed by atoms with Gasteiger partial charge in [-0.3, -0.25) is 9.69 Å². The van der Waals surface area contributed by atoms with Gasteiger partial charge in [-0.2, -0.15) is 0 Å². The van der Waals surface area contributed by atoms with Gasteiger partial charge in [-0.1, -0.05) is 6.92 Å². The predicted molar refractivity (Wildman–Crippen MR) is 74.0 cm³/mol. The van der Waals surface area contributed by atoms with Crippen LogP contribution < -0.4 is 5.32 Å². The minimum atomic E-state index is 0.0273. The van der Waals surface area contributed by atoms with Crippen LogP contribution >= 0.6 is 11.3 Å². The van der Waals surface area contributed by atoms with Crippen molar-refractivity contribution in [2.75, 3.05) is 19.6 Å². The molecule has 1 aliphatic heterocycles. The van der Waals surface area contributed by atoms with Gasteiger partial charge in [0.2, 0.25) is 0 Å². The molecular weight excluding hydrogens is 246 g/mol. The summed E-state index contributed by atoms with van der Waals surface area (Å²) in [6.07, 6.45) is 3.53. The van der Waals surface area contributed by atoms with Gasteiger partial charge < -0.3 is 5.32 Å². The molecule has 0 aromatic carbocycles. The molecule has 1 saturated heterocycles. The molecule has 1 amide bonds. The fraction of sp³-hybridized carbons (Fsp3) is 0.692. The number of amides is 1. The van der Waals surface area contributed by atoms with Crippen molar-refractivity contribution in [3.05, 3.63) is 15.6 Å². The fourth-order valence-electron chi connectivity index (χ4n) is 2.18. The highest BCUT2D eigenvalue weighted by atomic mass is 32.1. The maximum Gasteiger partial charge on any atom is 0.263 e. The van der Waals surface area contributed by atoms with E-state index < -0.39 is 0 Å². The summed E-state index contributed by atoms with van der Waals surface area (Å²) in [5.41, 5.74) is 0.864. The molecule has 2 rings (SSSR count). The Morgan fingerprint density at radius 2 is 2.17 bits per heavy atom.